The van der Waals surface area contributed by atoms with Gasteiger partial charge >= 0.3 is 0 Å². The highest BCUT2D eigenvalue weighted by atomic mass is 16.2. The third-order valence-corrected chi connectivity index (χ3v) is 4.17. The molecular weight excluding hydrogens is 266 g/mol. The van der Waals surface area contributed by atoms with Gasteiger partial charge in [-0.3, -0.25) is 14.4 Å². The molecule has 0 saturated heterocycles. The van der Waals surface area contributed by atoms with E-state index in [-0.39, 0.29) is 28.9 Å². The highest BCUT2D eigenvalue weighted by Gasteiger charge is 2.40. The van der Waals surface area contributed by atoms with Gasteiger partial charge in [-0.15, -0.1) is 0 Å². The van der Waals surface area contributed by atoms with Gasteiger partial charge in [0, 0.05) is 23.6 Å². The Morgan fingerprint density at radius 3 is 2.33 bits per heavy atom. The summed E-state index contributed by atoms with van der Waals surface area (Å²) >= 11 is 0. The van der Waals surface area contributed by atoms with Crippen LogP contribution in [-0.4, -0.2) is 17.6 Å². The number of carbonyl (C=O) groups is 3. The number of carbonyl (C=O) groups excluding carboxylic acids is 3. The molecule has 0 aromatic heterocycles. The highest BCUT2D eigenvalue weighted by Crippen LogP contribution is 2.46. The van der Waals surface area contributed by atoms with E-state index < -0.39 is 0 Å². The largest absolute Gasteiger partial charge is 0.294 e. The molecule has 21 heavy (non-hydrogen) atoms. The molecule has 1 heterocycles. The van der Waals surface area contributed by atoms with Crippen molar-refractivity contribution in [3.63, 3.8) is 0 Å². The van der Waals surface area contributed by atoms with E-state index >= 15 is 0 Å². The maximum atomic E-state index is 12.4. The van der Waals surface area contributed by atoms with Crippen LogP contribution in [0, 0.1) is 11.3 Å². The van der Waals surface area contributed by atoms with Gasteiger partial charge in [0.25, 0.3) is 11.8 Å². The maximum Gasteiger partial charge on any atom is 0.258 e. The Hall–Kier alpha value is -2.23. The van der Waals surface area contributed by atoms with Crippen molar-refractivity contribution in [2.75, 3.05) is 4.90 Å². The molecular formula is C17H17NO3. The second-order valence-electron chi connectivity index (χ2n) is 6.53. The van der Waals surface area contributed by atoms with Gasteiger partial charge in [0.2, 0.25) is 0 Å². The first-order valence-corrected chi connectivity index (χ1v) is 7.08. The van der Waals surface area contributed by atoms with Gasteiger partial charge < -0.3 is 0 Å². The molecule has 1 saturated carbocycles. The molecule has 108 valence electrons. The molecule has 0 atom stereocenters. The van der Waals surface area contributed by atoms with Crippen molar-refractivity contribution >= 4 is 23.3 Å². The summed E-state index contributed by atoms with van der Waals surface area (Å²) in [6, 6.07) is 6.77. The second-order valence-corrected chi connectivity index (χ2v) is 6.53. The van der Waals surface area contributed by atoms with Crippen molar-refractivity contribution < 1.29 is 14.4 Å². The smallest absolute Gasteiger partial charge is 0.258 e. The molecule has 4 heteroatoms. The average molecular weight is 283 g/mol. The van der Waals surface area contributed by atoms with Crippen LogP contribution in [0.5, 0.6) is 0 Å². The van der Waals surface area contributed by atoms with E-state index in [9.17, 15) is 14.4 Å². The molecule has 1 aromatic rings. The number of ketones is 1. The molecule has 0 radical (unpaired) electrons. The van der Waals surface area contributed by atoms with Crippen molar-refractivity contribution in [1.82, 2.24) is 0 Å². The number of hydrogen-bond donors (Lipinski definition) is 0. The fraction of sp³-hybridized carbons (Fsp3) is 0.353. The number of Topliss-reactive ketones (excluding diaryl/α,β-unsaturated/α-hetero) is 1. The Balaban J connectivity index is 1.83. The second kappa shape index (κ2) is 4.65. The lowest BCUT2D eigenvalue weighted by atomic mass is 9.62. The Bertz CT molecular complexity index is 646. The van der Waals surface area contributed by atoms with Crippen molar-refractivity contribution in [2.45, 2.75) is 26.7 Å². The average Bonchev–Trinajstić information content (AvgIpc) is 2.75. The summed E-state index contributed by atoms with van der Waals surface area (Å²) in [7, 11) is 0. The maximum absolute atomic E-state index is 12.4. The fourth-order valence-corrected chi connectivity index (χ4v) is 3.15. The summed E-state index contributed by atoms with van der Waals surface area (Å²) in [5.74, 6) is -0.578. The highest BCUT2D eigenvalue weighted by molar-refractivity contribution is 6.28. The number of imide groups is 1. The quantitative estimate of drug-likeness (QED) is 0.633. The predicted octanol–water partition coefficient (Wildman–Crippen LogP) is 2.73. The molecule has 3 rings (SSSR count). The molecule has 0 N–H and O–H groups in total. The standard InChI is InChI=1S/C17H17NO3/c1-17(2)9-12(10-17)16(21)11-4-3-5-13(8-11)18-14(19)6-7-15(18)20/h3-8,12H,9-10H2,1-2H3. The SMILES string of the molecule is CC1(C)CC(C(=O)c2cccc(N3C(=O)C=CC3=O)c2)C1. The van der Waals surface area contributed by atoms with Crippen LogP contribution in [-0.2, 0) is 9.59 Å². The third-order valence-electron chi connectivity index (χ3n) is 4.17. The van der Waals surface area contributed by atoms with Crippen LogP contribution in [0.2, 0.25) is 0 Å². The molecule has 1 aliphatic carbocycles. The van der Waals surface area contributed by atoms with E-state index in [2.05, 4.69) is 13.8 Å². The first-order valence-electron chi connectivity index (χ1n) is 7.08. The molecule has 0 unspecified atom stereocenters. The summed E-state index contributed by atoms with van der Waals surface area (Å²) in [5, 5.41) is 0. The van der Waals surface area contributed by atoms with E-state index in [0.717, 1.165) is 17.7 Å². The van der Waals surface area contributed by atoms with Crippen LogP contribution < -0.4 is 4.90 Å². The summed E-state index contributed by atoms with van der Waals surface area (Å²) in [5.41, 5.74) is 1.27. The summed E-state index contributed by atoms with van der Waals surface area (Å²) in [4.78, 5) is 36.9. The Labute approximate surface area is 123 Å². The molecule has 1 aromatic carbocycles. The Kier molecular flexibility index (Phi) is 3.04. The zero-order chi connectivity index (χ0) is 15.2. The number of nitrogens with zero attached hydrogens (tertiary/aromatic N) is 1. The van der Waals surface area contributed by atoms with Gasteiger partial charge in [0.15, 0.2) is 5.78 Å². The zero-order valence-corrected chi connectivity index (χ0v) is 12.1. The molecule has 2 amide bonds. The van der Waals surface area contributed by atoms with Gasteiger partial charge in [0.05, 0.1) is 5.69 Å². The fourth-order valence-electron chi connectivity index (χ4n) is 3.15. The minimum Gasteiger partial charge on any atom is -0.294 e. The van der Waals surface area contributed by atoms with Crippen LogP contribution >= 0.6 is 0 Å². The first-order chi connectivity index (χ1) is 9.87. The number of hydrogen-bond acceptors (Lipinski definition) is 3. The van der Waals surface area contributed by atoms with Crippen molar-refractivity contribution in [3.8, 4) is 0 Å². The van der Waals surface area contributed by atoms with E-state index in [1.807, 2.05) is 0 Å². The lowest BCUT2D eigenvalue weighted by Gasteiger charge is -2.41. The summed E-state index contributed by atoms with van der Waals surface area (Å²) < 4.78 is 0. The minimum atomic E-state index is -0.366. The number of anilines is 1. The van der Waals surface area contributed by atoms with Crippen LogP contribution in [0.25, 0.3) is 0 Å². The summed E-state index contributed by atoms with van der Waals surface area (Å²) in [6.45, 7) is 4.31. The molecule has 1 aliphatic heterocycles. The molecule has 0 spiro atoms. The van der Waals surface area contributed by atoms with E-state index in [1.54, 1.807) is 24.3 Å². The normalized spacial score (nSPS) is 20.8. The lowest BCUT2D eigenvalue weighted by molar-refractivity contribution is -0.119. The van der Waals surface area contributed by atoms with E-state index in [1.165, 1.54) is 12.2 Å². The van der Waals surface area contributed by atoms with Gasteiger partial charge in [-0.25, -0.2) is 4.90 Å². The summed E-state index contributed by atoms with van der Waals surface area (Å²) in [6.07, 6.45) is 4.26. The Morgan fingerprint density at radius 2 is 1.76 bits per heavy atom. The minimum absolute atomic E-state index is 0.0540. The van der Waals surface area contributed by atoms with Crippen molar-refractivity contribution in [1.29, 1.82) is 0 Å². The van der Waals surface area contributed by atoms with Crippen LogP contribution in [0.3, 0.4) is 0 Å². The monoisotopic (exact) mass is 283 g/mol. The lowest BCUT2D eigenvalue weighted by Crippen LogP contribution is -2.37. The zero-order valence-electron chi connectivity index (χ0n) is 12.1. The van der Waals surface area contributed by atoms with Gasteiger partial charge in [0.1, 0.15) is 0 Å². The number of benzene rings is 1. The number of amides is 2. The van der Waals surface area contributed by atoms with Crippen LogP contribution in [0.4, 0.5) is 5.69 Å². The van der Waals surface area contributed by atoms with Crippen LogP contribution in [0.1, 0.15) is 37.0 Å². The first kappa shape index (κ1) is 13.7. The Morgan fingerprint density at radius 1 is 1.14 bits per heavy atom. The van der Waals surface area contributed by atoms with Gasteiger partial charge in [-0.1, -0.05) is 26.0 Å². The van der Waals surface area contributed by atoms with Crippen molar-refractivity contribution in [3.05, 3.63) is 42.0 Å². The molecule has 1 fully saturated rings. The molecule has 0 bridgehead atoms. The predicted molar refractivity (Wildman–Crippen MR) is 78.9 cm³/mol. The van der Waals surface area contributed by atoms with Gasteiger partial charge in [-0.2, -0.15) is 0 Å². The van der Waals surface area contributed by atoms with E-state index in [4.69, 9.17) is 0 Å². The number of rotatable bonds is 3. The van der Waals surface area contributed by atoms with Crippen LogP contribution in [0.15, 0.2) is 36.4 Å². The topological polar surface area (TPSA) is 54.5 Å². The van der Waals surface area contributed by atoms with Gasteiger partial charge in [-0.05, 0) is 30.4 Å². The van der Waals surface area contributed by atoms with Crippen molar-refractivity contribution in [2.24, 2.45) is 11.3 Å². The molecule has 2 aliphatic rings. The third kappa shape index (κ3) is 2.42. The van der Waals surface area contributed by atoms with E-state index in [0.29, 0.717) is 11.3 Å². The molecule has 4 nitrogen and oxygen atoms in total.